The van der Waals surface area contributed by atoms with Crippen LogP contribution in [-0.4, -0.2) is 5.78 Å². The molecule has 5 nitrogen and oxygen atoms in total. The van der Waals surface area contributed by atoms with Crippen LogP contribution in [0.2, 0.25) is 0 Å². The first kappa shape index (κ1) is 16.6. The molecule has 0 fully saturated rings. The third-order valence-corrected chi connectivity index (χ3v) is 4.45. The molecule has 118 valence electrons. The predicted octanol–water partition coefficient (Wildman–Crippen LogP) is 3.36. The lowest BCUT2D eigenvalue weighted by Crippen LogP contribution is -2.38. The van der Waals surface area contributed by atoms with E-state index in [1.54, 1.807) is 41.2 Å². The summed E-state index contributed by atoms with van der Waals surface area (Å²) in [6.45, 7) is -0.0167. The summed E-state index contributed by atoms with van der Waals surface area (Å²) in [5.74, 6) is -0.364. The van der Waals surface area contributed by atoms with Crippen molar-refractivity contribution in [1.82, 2.24) is 0 Å². The number of ketones is 1. The van der Waals surface area contributed by atoms with Crippen LogP contribution in [0.4, 0.5) is 0 Å². The molecule has 0 saturated heterocycles. The monoisotopic (exact) mass is 447 g/mol. The number of carbonyl (C=O) groups is 1. The summed E-state index contributed by atoms with van der Waals surface area (Å²) in [4.78, 5) is 24.6. The number of aromatic nitrogens is 1. The van der Waals surface area contributed by atoms with E-state index in [4.69, 9.17) is 9.68 Å². The van der Waals surface area contributed by atoms with Crippen molar-refractivity contribution in [2.24, 2.45) is 0 Å². The molecule has 2 heterocycles. The molecule has 0 spiro atoms. The second-order valence-corrected chi connectivity index (χ2v) is 6.82. The fourth-order valence-electron chi connectivity index (χ4n) is 2.24. The standard InChI is InChI=1S/C17H9Br2N2O3/c18-12-5-11-6-13(17(23)24-16(11)14(19)7-12)15(22)9-21-3-1-10(8-20)2-4-21/h1-7H,9H2/q+1. The maximum Gasteiger partial charge on any atom is 0.347 e. The molecule has 24 heavy (non-hydrogen) atoms. The summed E-state index contributed by atoms with van der Waals surface area (Å²) >= 11 is 6.70. The van der Waals surface area contributed by atoms with Gasteiger partial charge in [0.25, 0.3) is 0 Å². The number of hydrogen-bond acceptors (Lipinski definition) is 4. The van der Waals surface area contributed by atoms with Gasteiger partial charge in [0, 0.05) is 22.0 Å². The van der Waals surface area contributed by atoms with Gasteiger partial charge in [0.1, 0.15) is 5.56 Å². The van der Waals surface area contributed by atoms with Crippen molar-refractivity contribution in [2.45, 2.75) is 6.54 Å². The molecule has 1 aromatic carbocycles. The zero-order valence-electron chi connectivity index (χ0n) is 12.1. The first-order chi connectivity index (χ1) is 11.5. The predicted molar refractivity (Wildman–Crippen MR) is 93.6 cm³/mol. The summed E-state index contributed by atoms with van der Waals surface area (Å²) in [5, 5.41) is 9.43. The van der Waals surface area contributed by atoms with Crippen LogP contribution in [-0.2, 0) is 6.54 Å². The minimum Gasteiger partial charge on any atom is -0.421 e. The van der Waals surface area contributed by atoms with E-state index in [0.29, 0.717) is 21.0 Å². The first-order valence-electron chi connectivity index (χ1n) is 6.83. The van der Waals surface area contributed by atoms with Gasteiger partial charge >= 0.3 is 5.63 Å². The molecule has 3 rings (SSSR count). The van der Waals surface area contributed by atoms with Crippen LogP contribution in [0.5, 0.6) is 0 Å². The van der Waals surface area contributed by atoms with E-state index < -0.39 is 5.63 Å². The lowest BCUT2D eigenvalue weighted by molar-refractivity contribution is -0.683. The number of pyridine rings is 1. The quantitative estimate of drug-likeness (QED) is 0.349. The van der Waals surface area contributed by atoms with E-state index >= 15 is 0 Å². The Hall–Kier alpha value is -2.30. The molecule has 0 bridgehead atoms. The minimum atomic E-state index is -0.676. The van der Waals surface area contributed by atoms with Crippen LogP contribution >= 0.6 is 31.9 Å². The molecule has 0 radical (unpaired) electrons. The van der Waals surface area contributed by atoms with Gasteiger partial charge in [-0.25, -0.2) is 4.79 Å². The molecule has 7 heteroatoms. The van der Waals surface area contributed by atoms with Crippen molar-refractivity contribution in [3.63, 3.8) is 0 Å². The van der Waals surface area contributed by atoms with E-state index in [2.05, 4.69) is 31.9 Å². The van der Waals surface area contributed by atoms with Gasteiger partial charge in [0.2, 0.25) is 12.3 Å². The van der Waals surface area contributed by atoms with Gasteiger partial charge in [-0.05, 0) is 34.1 Å². The smallest absolute Gasteiger partial charge is 0.347 e. The van der Waals surface area contributed by atoms with Crippen LogP contribution in [0.1, 0.15) is 15.9 Å². The molecule has 2 aromatic heterocycles. The highest BCUT2D eigenvalue weighted by atomic mass is 79.9. The number of hydrogen-bond donors (Lipinski definition) is 0. The molecule has 0 N–H and O–H groups in total. The molecule has 0 unspecified atom stereocenters. The van der Waals surface area contributed by atoms with Gasteiger partial charge in [-0.1, -0.05) is 15.9 Å². The van der Waals surface area contributed by atoms with Crippen molar-refractivity contribution in [2.75, 3.05) is 0 Å². The summed E-state index contributed by atoms with van der Waals surface area (Å²) in [7, 11) is 0. The summed E-state index contributed by atoms with van der Waals surface area (Å²) in [5.41, 5.74) is 0.207. The topological polar surface area (TPSA) is 74.9 Å². The molecule has 0 aliphatic heterocycles. The Balaban J connectivity index is 1.98. The Morgan fingerprint density at radius 1 is 1.21 bits per heavy atom. The SMILES string of the molecule is N#Cc1cc[n+](CC(=O)c2cc3cc(Br)cc(Br)c3oc2=O)cc1. The maximum atomic E-state index is 12.4. The van der Waals surface area contributed by atoms with Gasteiger partial charge in [0.15, 0.2) is 18.0 Å². The highest BCUT2D eigenvalue weighted by Crippen LogP contribution is 2.28. The number of carbonyl (C=O) groups excluding carboxylic acids is 1. The van der Waals surface area contributed by atoms with Crippen molar-refractivity contribution in [3.8, 4) is 6.07 Å². The normalized spacial score (nSPS) is 10.5. The first-order valence-corrected chi connectivity index (χ1v) is 8.42. The van der Waals surface area contributed by atoms with Gasteiger partial charge in [-0.15, -0.1) is 0 Å². The minimum absolute atomic E-state index is 0.00985. The molecular formula is C17H9Br2N2O3+. The van der Waals surface area contributed by atoms with Crippen LogP contribution in [0.25, 0.3) is 11.0 Å². The van der Waals surface area contributed by atoms with E-state index in [1.165, 1.54) is 6.07 Å². The van der Waals surface area contributed by atoms with Gasteiger partial charge in [-0.3, -0.25) is 4.79 Å². The third kappa shape index (κ3) is 3.30. The fourth-order valence-corrected chi connectivity index (χ4v) is 3.58. The average Bonchev–Trinajstić information content (AvgIpc) is 2.55. The number of rotatable bonds is 3. The summed E-state index contributed by atoms with van der Waals surface area (Å²) < 4.78 is 8.31. The number of nitrogens with zero attached hydrogens (tertiary/aromatic N) is 2. The van der Waals surface area contributed by atoms with Crippen LogP contribution < -0.4 is 10.2 Å². The number of Topliss-reactive ketones (excluding diaryl/α,β-unsaturated/α-hetero) is 1. The Morgan fingerprint density at radius 3 is 2.58 bits per heavy atom. The zero-order valence-corrected chi connectivity index (χ0v) is 15.3. The highest BCUT2D eigenvalue weighted by Gasteiger charge is 2.19. The van der Waals surface area contributed by atoms with Crippen LogP contribution in [0, 0.1) is 11.3 Å². The summed E-state index contributed by atoms with van der Waals surface area (Å²) in [6.07, 6.45) is 3.23. The average molecular weight is 449 g/mol. The molecule has 0 atom stereocenters. The van der Waals surface area contributed by atoms with Crippen molar-refractivity contribution in [1.29, 1.82) is 5.26 Å². The largest absolute Gasteiger partial charge is 0.421 e. The lowest BCUT2D eigenvalue weighted by Gasteiger charge is -2.03. The molecule has 3 aromatic rings. The van der Waals surface area contributed by atoms with Crippen molar-refractivity contribution in [3.05, 3.63) is 73.2 Å². The van der Waals surface area contributed by atoms with Crippen LogP contribution in [0.3, 0.4) is 0 Å². The number of fused-ring (bicyclic) bond motifs is 1. The Kier molecular flexibility index (Phi) is 4.60. The lowest BCUT2D eigenvalue weighted by atomic mass is 10.1. The highest BCUT2D eigenvalue weighted by molar-refractivity contribution is 9.11. The van der Waals surface area contributed by atoms with E-state index in [-0.39, 0.29) is 17.9 Å². The van der Waals surface area contributed by atoms with Crippen molar-refractivity contribution < 1.29 is 13.8 Å². The number of halogens is 2. The summed E-state index contributed by atoms with van der Waals surface area (Å²) in [6, 6.07) is 10.3. The Bertz CT molecular complexity index is 1050. The zero-order chi connectivity index (χ0) is 17.3. The molecular weight excluding hydrogens is 440 g/mol. The van der Waals surface area contributed by atoms with E-state index in [9.17, 15) is 9.59 Å². The van der Waals surface area contributed by atoms with E-state index in [0.717, 1.165) is 4.47 Å². The van der Waals surface area contributed by atoms with Crippen LogP contribution in [0.15, 0.2) is 60.9 Å². The molecule has 0 saturated carbocycles. The Labute approximate surface area is 153 Å². The molecule has 0 aliphatic rings. The fraction of sp³-hybridized carbons (Fsp3) is 0.0588. The molecule has 0 aliphatic carbocycles. The van der Waals surface area contributed by atoms with Gasteiger partial charge < -0.3 is 4.42 Å². The second kappa shape index (κ2) is 6.67. The second-order valence-electron chi connectivity index (χ2n) is 5.05. The number of nitriles is 1. The maximum absolute atomic E-state index is 12.4. The Morgan fingerprint density at radius 2 is 1.92 bits per heavy atom. The van der Waals surface area contributed by atoms with E-state index in [1.807, 2.05) is 6.07 Å². The van der Waals surface area contributed by atoms with Crippen molar-refractivity contribution >= 4 is 48.6 Å². The molecule has 0 amide bonds. The van der Waals surface area contributed by atoms with Gasteiger partial charge in [0.05, 0.1) is 16.1 Å². The third-order valence-electron chi connectivity index (χ3n) is 3.40. The van der Waals surface area contributed by atoms with Gasteiger partial charge in [-0.2, -0.15) is 9.83 Å². The number of benzene rings is 1.